The maximum atomic E-state index is 12.5. The van der Waals surface area contributed by atoms with E-state index in [2.05, 4.69) is 4.74 Å². The Morgan fingerprint density at radius 1 is 1.00 bits per heavy atom. The third-order valence-electron chi connectivity index (χ3n) is 1.20. The Morgan fingerprint density at radius 3 is 1.67 bits per heavy atom. The van der Waals surface area contributed by atoms with Gasteiger partial charge < -0.3 is 4.74 Å². The molecular formula is C7H7F7O. The Morgan fingerprint density at radius 2 is 1.40 bits per heavy atom. The van der Waals surface area contributed by atoms with E-state index in [9.17, 15) is 30.7 Å². The number of hydrogen-bond acceptors (Lipinski definition) is 1. The van der Waals surface area contributed by atoms with Crippen LogP contribution in [0.25, 0.3) is 0 Å². The fourth-order valence-corrected chi connectivity index (χ4v) is 0.647. The summed E-state index contributed by atoms with van der Waals surface area (Å²) >= 11 is 0. The van der Waals surface area contributed by atoms with Crippen molar-refractivity contribution >= 4 is 0 Å². The Bertz CT molecular complexity index is 221. The van der Waals surface area contributed by atoms with E-state index in [0.29, 0.717) is 0 Å². The Labute approximate surface area is 80.5 Å². The Hall–Kier alpha value is -0.950. The van der Waals surface area contributed by atoms with E-state index in [-0.39, 0.29) is 6.42 Å². The molecule has 0 aliphatic carbocycles. The van der Waals surface area contributed by atoms with Crippen LogP contribution in [-0.2, 0) is 4.74 Å². The highest BCUT2D eigenvalue weighted by atomic mass is 19.4. The van der Waals surface area contributed by atoms with Crippen molar-refractivity contribution in [3.05, 3.63) is 11.6 Å². The molecule has 0 N–H and O–H groups in total. The molecule has 0 aromatic carbocycles. The first-order chi connectivity index (χ1) is 6.60. The second kappa shape index (κ2) is 4.71. The van der Waals surface area contributed by atoms with Gasteiger partial charge in [-0.15, -0.1) is 0 Å². The summed E-state index contributed by atoms with van der Waals surface area (Å²) in [6.45, 7) is 0.857. The summed E-state index contributed by atoms with van der Waals surface area (Å²) in [4.78, 5) is 0. The lowest BCUT2D eigenvalue weighted by Gasteiger charge is -2.15. The highest BCUT2D eigenvalue weighted by Gasteiger charge is 2.55. The monoisotopic (exact) mass is 240 g/mol. The molecule has 0 fully saturated rings. The van der Waals surface area contributed by atoms with Gasteiger partial charge in [0.15, 0.2) is 0 Å². The van der Waals surface area contributed by atoms with Crippen LogP contribution < -0.4 is 0 Å². The summed E-state index contributed by atoms with van der Waals surface area (Å²) in [5.74, 6) is 0. The molecule has 0 aliphatic heterocycles. The van der Waals surface area contributed by atoms with Crippen molar-refractivity contribution in [1.29, 1.82) is 0 Å². The van der Waals surface area contributed by atoms with Crippen molar-refractivity contribution in [1.82, 2.24) is 0 Å². The fourth-order valence-electron chi connectivity index (χ4n) is 0.647. The number of rotatable bonds is 3. The zero-order chi connectivity index (χ0) is 12.3. The van der Waals surface area contributed by atoms with E-state index in [1.165, 1.54) is 6.92 Å². The van der Waals surface area contributed by atoms with Gasteiger partial charge in [0.2, 0.25) is 5.57 Å². The van der Waals surface area contributed by atoms with E-state index in [1.807, 2.05) is 0 Å². The molecule has 0 aromatic rings. The summed E-state index contributed by atoms with van der Waals surface area (Å²) in [5.41, 5.74) is -3.25. The van der Waals surface area contributed by atoms with E-state index >= 15 is 0 Å². The minimum Gasteiger partial charge on any atom is -0.470 e. The average Bonchev–Trinajstić information content (AvgIpc) is 1.94. The molecule has 0 bridgehead atoms. The topological polar surface area (TPSA) is 9.23 Å². The lowest BCUT2D eigenvalue weighted by molar-refractivity contribution is -0.179. The van der Waals surface area contributed by atoms with Crippen molar-refractivity contribution in [3.8, 4) is 0 Å². The molecule has 0 heterocycles. The first-order valence-corrected chi connectivity index (χ1v) is 3.77. The second-order valence-electron chi connectivity index (χ2n) is 2.49. The predicted molar refractivity (Wildman–Crippen MR) is 36.5 cm³/mol. The standard InChI is InChI=1S/C7H7F7O/c1-2-3-15-5(8)4(6(9,10)11)7(12,13)14/h2-3H2,1H3. The molecular weight excluding hydrogens is 233 g/mol. The van der Waals surface area contributed by atoms with Gasteiger partial charge in [-0.05, 0) is 6.42 Å². The molecule has 1 nitrogen and oxygen atoms in total. The van der Waals surface area contributed by atoms with Gasteiger partial charge in [0, 0.05) is 0 Å². The molecule has 0 saturated carbocycles. The summed E-state index contributed by atoms with van der Waals surface area (Å²) in [6, 6.07) is -2.64. The summed E-state index contributed by atoms with van der Waals surface area (Å²) in [7, 11) is 0. The molecule has 0 amide bonds. The van der Waals surface area contributed by atoms with Crippen LogP contribution in [0.15, 0.2) is 11.6 Å². The molecule has 0 radical (unpaired) electrons. The van der Waals surface area contributed by atoms with Gasteiger partial charge in [0.05, 0.1) is 6.61 Å². The number of hydrogen-bond donors (Lipinski definition) is 0. The van der Waals surface area contributed by atoms with Gasteiger partial charge in [-0.1, -0.05) is 6.92 Å². The fraction of sp³-hybridized carbons (Fsp3) is 0.714. The van der Waals surface area contributed by atoms with Crippen molar-refractivity contribution in [2.24, 2.45) is 0 Å². The lowest BCUT2D eigenvalue weighted by atomic mass is 10.3. The third kappa shape index (κ3) is 4.39. The van der Waals surface area contributed by atoms with Gasteiger partial charge in [-0.3, -0.25) is 0 Å². The van der Waals surface area contributed by atoms with Crippen LogP contribution in [0.3, 0.4) is 0 Å². The lowest BCUT2D eigenvalue weighted by Crippen LogP contribution is -2.28. The Balaban J connectivity index is 5.10. The van der Waals surface area contributed by atoms with Crippen LogP contribution in [0.1, 0.15) is 13.3 Å². The van der Waals surface area contributed by atoms with Crippen LogP contribution in [-0.4, -0.2) is 19.0 Å². The molecule has 0 rings (SSSR count). The maximum Gasteiger partial charge on any atom is 0.427 e. The van der Waals surface area contributed by atoms with Crippen LogP contribution in [0, 0.1) is 0 Å². The zero-order valence-electron chi connectivity index (χ0n) is 7.47. The molecule has 0 atom stereocenters. The summed E-state index contributed by atoms with van der Waals surface area (Å²) in [5, 5.41) is 0. The van der Waals surface area contributed by atoms with E-state index in [0.717, 1.165) is 0 Å². The van der Waals surface area contributed by atoms with Crippen molar-refractivity contribution in [2.75, 3.05) is 6.61 Å². The number of ether oxygens (including phenoxy) is 1. The van der Waals surface area contributed by atoms with Crippen LogP contribution in [0.4, 0.5) is 30.7 Å². The molecule has 0 spiro atoms. The zero-order valence-corrected chi connectivity index (χ0v) is 7.47. The van der Waals surface area contributed by atoms with Crippen LogP contribution in [0.5, 0.6) is 0 Å². The van der Waals surface area contributed by atoms with Gasteiger partial charge in [0.1, 0.15) is 0 Å². The summed E-state index contributed by atoms with van der Waals surface area (Å²) in [6.07, 6.45) is -11.6. The van der Waals surface area contributed by atoms with Crippen LogP contribution >= 0.6 is 0 Å². The van der Waals surface area contributed by atoms with Gasteiger partial charge in [-0.2, -0.15) is 30.7 Å². The quantitative estimate of drug-likeness (QED) is 0.539. The normalized spacial score (nSPS) is 12.5. The van der Waals surface area contributed by atoms with Crippen molar-refractivity contribution in [3.63, 3.8) is 0 Å². The molecule has 90 valence electrons. The predicted octanol–water partition coefficient (Wildman–Crippen LogP) is 3.72. The number of alkyl halides is 6. The summed E-state index contributed by atoms with van der Waals surface area (Å²) < 4.78 is 86.9. The molecule has 0 saturated heterocycles. The maximum absolute atomic E-state index is 12.5. The van der Waals surface area contributed by atoms with Gasteiger partial charge in [-0.25, -0.2) is 0 Å². The van der Waals surface area contributed by atoms with Crippen LogP contribution in [0.2, 0.25) is 0 Å². The Kier molecular flexibility index (Phi) is 4.42. The molecule has 0 unspecified atom stereocenters. The van der Waals surface area contributed by atoms with Gasteiger partial charge in [0.25, 0.3) is 6.01 Å². The molecule has 0 aliphatic rings. The van der Waals surface area contributed by atoms with Crippen molar-refractivity contribution in [2.45, 2.75) is 25.7 Å². The van der Waals surface area contributed by atoms with Crippen molar-refractivity contribution < 1.29 is 35.5 Å². The largest absolute Gasteiger partial charge is 0.470 e. The average molecular weight is 240 g/mol. The number of halogens is 7. The minimum atomic E-state index is -5.82. The first-order valence-electron chi connectivity index (χ1n) is 3.77. The van der Waals surface area contributed by atoms with E-state index < -0.39 is 30.5 Å². The van der Waals surface area contributed by atoms with Gasteiger partial charge >= 0.3 is 12.4 Å². The highest BCUT2D eigenvalue weighted by molar-refractivity contribution is 5.16. The smallest absolute Gasteiger partial charge is 0.427 e. The molecule has 8 heteroatoms. The third-order valence-corrected chi connectivity index (χ3v) is 1.20. The van der Waals surface area contributed by atoms with E-state index in [1.54, 1.807) is 0 Å². The minimum absolute atomic E-state index is 0.0937. The molecule has 0 aromatic heterocycles. The van der Waals surface area contributed by atoms with E-state index in [4.69, 9.17) is 0 Å². The highest BCUT2D eigenvalue weighted by Crippen LogP contribution is 2.41. The molecule has 15 heavy (non-hydrogen) atoms. The second-order valence-corrected chi connectivity index (χ2v) is 2.49. The number of allylic oxidation sites excluding steroid dienone is 1. The SMILES string of the molecule is CCCOC(F)=C(C(F)(F)F)C(F)(F)F. The first kappa shape index (κ1) is 14.0.